The third-order valence-corrected chi connectivity index (χ3v) is 3.40. The second kappa shape index (κ2) is 6.00. The van der Waals surface area contributed by atoms with Gasteiger partial charge in [0.1, 0.15) is 5.82 Å². The fourth-order valence-corrected chi connectivity index (χ4v) is 2.21. The molecule has 1 atom stereocenters. The molecule has 1 aromatic carbocycles. The highest BCUT2D eigenvalue weighted by Crippen LogP contribution is 2.18. The van der Waals surface area contributed by atoms with Crippen molar-refractivity contribution < 1.29 is 19.1 Å². The van der Waals surface area contributed by atoms with E-state index in [1.165, 1.54) is 17.0 Å². The van der Waals surface area contributed by atoms with E-state index in [2.05, 4.69) is 5.32 Å². The summed E-state index contributed by atoms with van der Waals surface area (Å²) in [5, 5.41) is 11.3. The highest BCUT2D eigenvalue weighted by atomic mass is 19.1. The van der Waals surface area contributed by atoms with Gasteiger partial charge in [-0.15, -0.1) is 0 Å². The van der Waals surface area contributed by atoms with Gasteiger partial charge in [-0.25, -0.2) is 4.39 Å². The van der Waals surface area contributed by atoms with Gasteiger partial charge in [-0.1, -0.05) is 6.07 Å². The lowest BCUT2D eigenvalue weighted by Gasteiger charge is -2.15. The Labute approximate surface area is 116 Å². The van der Waals surface area contributed by atoms with Crippen LogP contribution in [0.25, 0.3) is 0 Å². The molecule has 0 spiro atoms. The summed E-state index contributed by atoms with van der Waals surface area (Å²) in [6, 6.07) is 4.37. The average molecular weight is 280 g/mol. The highest BCUT2D eigenvalue weighted by molar-refractivity contribution is 6.39. The van der Waals surface area contributed by atoms with Gasteiger partial charge >= 0.3 is 11.8 Å². The first kappa shape index (κ1) is 14.5. The second-order valence-corrected chi connectivity index (χ2v) is 5.03. The van der Waals surface area contributed by atoms with Crippen LogP contribution in [0.4, 0.5) is 10.1 Å². The van der Waals surface area contributed by atoms with Crippen LogP contribution in [-0.2, 0) is 9.59 Å². The van der Waals surface area contributed by atoms with Crippen molar-refractivity contribution in [1.82, 2.24) is 4.90 Å². The van der Waals surface area contributed by atoms with E-state index in [0.717, 1.165) is 5.56 Å². The van der Waals surface area contributed by atoms with Gasteiger partial charge in [0.05, 0.1) is 5.69 Å². The summed E-state index contributed by atoms with van der Waals surface area (Å²) in [4.78, 5) is 25.1. The van der Waals surface area contributed by atoms with Crippen LogP contribution >= 0.6 is 0 Å². The number of rotatable bonds is 2. The van der Waals surface area contributed by atoms with Gasteiger partial charge in [0.15, 0.2) is 0 Å². The van der Waals surface area contributed by atoms with E-state index in [4.69, 9.17) is 5.11 Å². The predicted molar refractivity (Wildman–Crippen MR) is 71.5 cm³/mol. The Kier molecular flexibility index (Phi) is 4.34. The number of carbonyl (C=O) groups is 2. The molecule has 2 N–H and O–H groups in total. The summed E-state index contributed by atoms with van der Waals surface area (Å²) in [5.74, 6) is -2.10. The fourth-order valence-electron chi connectivity index (χ4n) is 2.21. The van der Waals surface area contributed by atoms with Crippen LogP contribution in [-0.4, -0.2) is 41.5 Å². The van der Waals surface area contributed by atoms with Crippen molar-refractivity contribution in [2.45, 2.75) is 13.3 Å². The molecule has 2 rings (SSSR count). The van der Waals surface area contributed by atoms with Gasteiger partial charge in [-0.3, -0.25) is 9.59 Å². The van der Waals surface area contributed by atoms with Crippen LogP contribution in [0.5, 0.6) is 0 Å². The van der Waals surface area contributed by atoms with Crippen LogP contribution in [0.3, 0.4) is 0 Å². The Morgan fingerprint density at radius 3 is 2.85 bits per heavy atom. The Morgan fingerprint density at radius 1 is 1.50 bits per heavy atom. The van der Waals surface area contributed by atoms with Crippen molar-refractivity contribution >= 4 is 17.5 Å². The fraction of sp³-hybridized carbons (Fsp3) is 0.429. The SMILES string of the molecule is Cc1ccc(NC(=O)C(=O)N2CCC(CO)C2)c(F)c1. The Hall–Kier alpha value is -1.95. The van der Waals surface area contributed by atoms with Gasteiger partial charge in [0, 0.05) is 25.6 Å². The molecule has 1 aromatic rings. The zero-order valence-corrected chi connectivity index (χ0v) is 11.2. The molecule has 0 bridgehead atoms. The normalized spacial score (nSPS) is 18.1. The molecule has 0 saturated carbocycles. The lowest BCUT2D eigenvalue weighted by atomic mass is 10.1. The number of carbonyl (C=O) groups excluding carboxylic acids is 2. The first-order valence-corrected chi connectivity index (χ1v) is 6.48. The molecule has 0 aliphatic carbocycles. The number of nitrogens with zero attached hydrogens (tertiary/aromatic N) is 1. The molecule has 1 fully saturated rings. The number of aliphatic hydroxyl groups is 1. The maximum atomic E-state index is 13.6. The number of halogens is 1. The van der Waals surface area contributed by atoms with E-state index in [1.807, 2.05) is 0 Å². The van der Waals surface area contributed by atoms with Crippen molar-refractivity contribution in [2.24, 2.45) is 5.92 Å². The molecule has 1 unspecified atom stereocenters. The number of anilines is 1. The Bertz CT molecular complexity index is 533. The number of likely N-dealkylation sites (tertiary alicyclic amines) is 1. The quantitative estimate of drug-likeness (QED) is 0.791. The number of benzene rings is 1. The molecule has 0 aromatic heterocycles. The van der Waals surface area contributed by atoms with Crippen molar-refractivity contribution in [3.05, 3.63) is 29.6 Å². The average Bonchev–Trinajstić information content (AvgIpc) is 2.89. The van der Waals surface area contributed by atoms with E-state index < -0.39 is 17.6 Å². The third-order valence-electron chi connectivity index (χ3n) is 3.40. The molecule has 108 valence electrons. The number of hydrogen-bond donors (Lipinski definition) is 2. The zero-order chi connectivity index (χ0) is 14.7. The van der Waals surface area contributed by atoms with Crippen molar-refractivity contribution in [3.8, 4) is 0 Å². The standard InChI is InChI=1S/C14H17FN2O3/c1-9-2-3-12(11(15)6-9)16-13(19)14(20)17-5-4-10(7-17)8-18/h2-3,6,10,18H,4-5,7-8H2,1H3,(H,16,19). The molecule has 1 heterocycles. The lowest BCUT2D eigenvalue weighted by Crippen LogP contribution is -2.38. The Morgan fingerprint density at radius 2 is 2.25 bits per heavy atom. The number of nitrogens with one attached hydrogen (secondary N) is 1. The monoisotopic (exact) mass is 280 g/mol. The maximum absolute atomic E-state index is 13.6. The molecule has 1 aliphatic heterocycles. The lowest BCUT2D eigenvalue weighted by molar-refractivity contribution is -0.142. The minimum absolute atomic E-state index is 0.00199. The summed E-state index contributed by atoms with van der Waals surface area (Å²) in [7, 11) is 0. The molecule has 6 heteroatoms. The molecular formula is C14H17FN2O3. The van der Waals surface area contributed by atoms with E-state index in [-0.39, 0.29) is 18.2 Å². The molecule has 2 amide bonds. The van der Waals surface area contributed by atoms with Crippen LogP contribution in [0.15, 0.2) is 18.2 Å². The summed E-state index contributed by atoms with van der Waals surface area (Å²) >= 11 is 0. The summed E-state index contributed by atoms with van der Waals surface area (Å²) in [6.45, 7) is 2.53. The molecule has 0 radical (unpaired) electrons. The van der Waals surface area contributed by atoms with Crippen molar-refractivity contribution in [1.29, 1.82) is 0 Å². The van der Waals surface area contributed by atoms with Gasteiger partial charge in [-0.05, 0) is 31.0 Å². The molecule has 5 nitrogen and oxygen atoms in total. The molecule has 1 saturated heterocycles. The molecular weight excluding hydrogens is 263 g/mol. The topological polar surface area (TPSA) is 69.6 Å². The first-order valence-electron chi connectivity index (χ1n) is 6.48. The predicted octanol–water partition coefficient (Wildman–Crippen LogP) is 0.913. The summed E-state index contributed by atoms with van der Waals surface area (Å²) in [5.41, 5.74) is 0.726. The van der Waals surface area contributed by atoms with Gasteiger partial charge in [-0.2, -0.15) is 0 Å². The van der Waals surface area contributed by atoms with Crippen LogP contribution in [0.1, 0.15) is 12.0 Å². The molecule has 20 heavy (non-hydrogen) atoms. The largest absolute Gasteiger partial charge is 0.396 e. The van der Waals surface area contributed by atoms with E-state index >= 15 is 0 Å². The van der Waals surface area contributed by atoms with Gasteiger partial charge in [0.25, 0.3) is 0 Å². The number of amides is 2. The number of aliphatic hydroxyl groups excluding tert-OH is 1. The Balaban J connectivity index is 1.99. The first-order chi connectivity index (χ1) is 9.51. The van der Waals surface area contributed by atoms with E-state index in [1.54, 1.807) is 13.0 Å². The maximum Gasteiger partial charge on any atom is 0.313 e. The van der Waals surface area contributed by atoms with Gasteiger partial charge < -0.3 is 15.3 Å². The minimum atomic E-state index is -0.855. The summed E-state index contributed by atoms with van der Waals surface area (Å²) in [6.07, 6.45) is 0.675. The van der Waals surface area contributed by atoms with Crippen LogP contribution in [0, 0.1) is 18.7 Å². The van der Waals surface area contributed by atoms with E-state index in [9.17, 15) is 14.0 Å². The number of hydrogen-bond acceptors (Lipinski definition) is 3. The molecule has 1 aliphatic rings. The van der Waals surface area contributed by atoms with Gasteiger partial charge in [0.2, 0.25) is 0 Å². The van der Waals surface area contributed by atoms with Crippen LogP contribution < -0.4 is 5.32 Å². The summed E-state index contributed by atoms with van der Waals surface area (Å²) < 4.78 is 13.6. The zero-order valence-electron chi connectivity index (χ0n) is 11.2. The third kappa shape index (κ3) is 3.14. The number of aryl methyl sites for hydroxylation is 1. The van der Waals surface area contributed by atoms with Crippen molar-refractivity contribution in [3.63, 3.8) is 0 Å². The van der Waals surface area contributed by atoms with E-state index in [0.29, 0.717) is 19.5 Å². The highest BCUT2D eigenvalue weighted by Gasteiger charge is 2.29. The van der Waals surface area contributed by atoms with Crippen LogP contribution in [0.2, 0.25) is 0 Å². The van der Waals surface area contributed by atoms with Crippen molar-refractivity contribution in [2.75, 3.05) is 25.0 Å². The smallest absolute Gasteiger partial charge is 0.313 e. The minimum Gasteiger partial charge on any atom is -0.396 e. The second-order valence-electron chi connectivity index (χ2n) is 5.03.